The van der Waals surface area contributed by atoms with E-state index in [1.54, 1.807) is 0 Å². The van der Waals surface area contributed by atoms with E-state index in [2.05, 4.69) is 11.3 Å². The molecule has 1 heterocycles. The maximum atomic E-state index is 10.6. The number of amides is 1. The lowest BCUT2D eigenvalue weighted by molar-refractivity contribution is 0.166. The first-order valence-electron chi connectivity index (χ1n) is 2.83. The number of hydrogen-bond acceptors (Lipinski definition) is 2. The van der Waals surface area contributed by atoms with Crippen LogP contribution in [0.1, 0.15) is 6.92 Å². The average molecular weight is 127 g/mol. The molecule has 1 rings (SSSR count). The van der Waals surface area contributed by atoms with Crippen LogP contribution in [0.4, 0.5) is 4.79 Å². The van der Waals surface area contributed by atoms with E-state index in [0.29, 0.717) is 6.61 Å². The van der Waals surface area contributed by atoms with Crippen molar-refractivity contribution in [1.29, 1.82) is 0 Å². The molecule has 0 aromatic carbocycles. The van der Waals surface area contributed by atoms with Gasteiger partial charge in [-0.3, -0.25) is 4.90 Å². The van der Waals surface area contributed by atoms with Crippen LogP contribution < -0.4 is 0 Å². The number of hydrogen-bond donors (Lipinski definition) is 0. The Hall–Kier alpha value is -0.990. The molecule has 0 aromatic rings. The summed E-state index contributed by atoms with van der Waals surface area (Å²) in [6.07, 6.45) is 1.19. The minimum Gasteiger partial charge on any atom is -0.447 e. The zero-order valence-electron chi connectivity index (χ0n) is 5.33. The minimum absolute atomic E-state index is 0.148. The molecule has 1 amide bonds. The van der Waals surface area contributed by atoms with Crippen LogP contribution in [0.5, 0.6) is 0 Å². The first-order valence-corrected chi connectivity index (χ1v) is 2.83. The van der Waals surface area contributed by atoms with Crippen LogP contribution in [0.25, 0.3) is 0 Å². The van der Waals surface area contributed by atoms with Crippen molar-refractivity contribution in [2.24, 2.45) is 0 Å². The van der Waals surface area contributed by atoms with Crippen molar-refractivity contribution in [2.75, 3.05) is 6.61 Å². The molecule has 0 radical (unpaired) electrons. The van der Waals surface area contributed by atoms with E-state index in [1.165, 1.54) is 11.1 Å². The van der Waals surface area contributed by atoms with E-state index in [-0.39, 0.29) is 12.1 Å². The smallest absolute Gasteiger partial charge is 0.414 e. The van der Waals surface area contributed by atoms with Gasteiger partial charge < -0.3 is 4.74 Å². The van der Waals surface area contributed by atoms with Crippen molar-refractivity contribution in [1.82, 2.24) is 4.90 Å². The second kappa shape index (κ2) is 2.09. The van der Waals surface area contributed by atoms with Gasteiger partial charge >= 0.3 is 6.09 Å². The van der Waals surface area contributed by atoms with Crippen molar-refractivity contribution in [3.8, 4) is 0 Å². The van der Waals surface area contributed by atoms with E-state index in [0.717, 1.165) is 0 Å². The lowest BCUT2D eigenvalue weighted by atomic mass is 10.3. The van der Waals surface area contributed by atoms with Gasteiger partial charge in [0, 0.05) is 6.20 Å². The van der Waals surface area contributed by atoms with Crippen LogP contribution in [0.3, 0.4) is 0 Å². The van der Waals surface area contributed by atoms with E-state index in [9.17, 15) is 4.79 Å². The monoisotopic (exact) mass is 127 g/mol. The molecule has 1 aliphatic heterocycles. The molecule has 1 saturated heterocycles. The summed E-state index contributed by atoms with van der Waals surface area (Å²) in [4.78, 5) is 12.1. The summed E-state index contributed by atoms with van der Waals surface area (Å²) in [7, 11) is 0. The summed E-state index contributed by atoms with van der Waals surface area (Å²) in [6.45, 7) is 5.85. The van der Waals surface area contributed by atoms with Gasteiger partial charge in [-0.05, 0) is 6.92 Å². The number of carbonyl (C=O) groups excluding carboxylic acids is 1. The van der Waals surface area contributed by atoms with E-state index < -0.39 is 0 Å². The highest BCUT2D eigenvalue weighted by atomic mass is 16.6. The summed E-state index contributed by atoms with van der Waals surface area (Å²) in [5.41, 5.74) is 0. The van der Waals surface area contributed by atoms with Gasteiger partial charge in [0.1, 0.15) is 6.61 Å². The Labute approximate surface area is 53.9 Å². The van der Waals surface area contributed by atoms with Crippen molar-refractivity contribution < 1.29 is 9.53 Å². The lowest BCUT2D eigenvalue weighted by Gasteiger charge is -2.09. The fourth-order valence-corrected chi connectivity index (χ4v) is 0.781. The van der Waals surface area contributed by atoms with Crippen LogP contribution in [-0.4, -0.2) is 23.6 Å². The molecule has 0 bridgehead atoms. The molecule has 0 saturated carbocycles. The highest BCUT2D eigenvalue weighted by Gasteiger charge is 2.26. The molecule has 0 aromatic heterocycles. The van der Waals surface area contributed by atoms with Gasteiger partial charge in [-0.25, -0.2) is 4.79 Å². The lowest BCUT2D eigenvalue weighted by Crippen LogP contribution is -2.24. The number of ether oxygens (including phenoxy) is 1. The molecule has 9 heavy (non-hydrogen) atoms. The first kappa shape index (κ1) is 6.13. The zero-order chi connectivity index (χ0) is 6.85. The van der Waals surface area contributed by atoms with Crippen LogP contribution in [-0.2, 0) is 4.74 Å². The summed E-state index contributed by atoms with van der Waals surface area (Å²) < 4.78 is 4.68. The molecule has 0 spiro atoms. The number of nitrogens with zero attached hydrogens (tertiary/aromatic N) is 1. The largest absolute Gasteiger partial charge is 0.447 e. The quantitative estimate of drug-likeness (QED) is 0.525. The predicted molar refractivity (Wildman–Crippen MR) is 32.8 cm³/mol. The molecular formula is C6H9NO2. The van der Waals surface area contributed by atoms with Gasteiger partial charge in [0.15, 0.2) is 0 Å². The van der Waals surface area contributed by atoms with Crippen molar-refractivity contribution in [2.45, 2.75) is 13.0 Å². The number of carbonyl (C=O) groups is 1. The standard InChI is InChI=1S/C6H9NO2/c1-3-7-5(2)4-9-6(7)8/h3,5H,1,4H2,2H3/t5-/m0/s1. The average Bonchev–Trinajstić information content (AvgIpc) is 2.12. The number of cyclic esters (lactones) is 1. The van der Waals surface area contributed by atoms with Crippen LogP contribution in [0, 0.1) is 0 Å². The molecule has 0 aliphatic carbocycles. The second-order valence-corrected chi connectivity index (χ2v) is 2.02. The molecule has 0 unspecified atom stereocenters. The highest BCUT2D eigenvalue weighted by Crippen LogP contribution is 2.10. The van der Waals surface area contributed by atoms with Crippen LogP contribution in [0.2, 0.25) is 0 Å². The molecule has 3 nitrogen and oxygen atoms in total. The molecular weight excluding hydrogens is 118 g/mol. The Balaban J connectivity index is 2.65. The Kier molecular flexibility index (Phi) is 1.42. The minimum atomic E-state index is -0.294. The number of rotatable bonds is 1. The maximum absolute atomic E-state index is 10.6. The normalized spacial score (nSPS) is 26.1. The van der Waals surface area contributed by atoms with E-state index in [1.807, 2.05) is 6.92 Å². The van der Waals surface area contributed by atoms with Crippen molar-refractivity contribution in [3.05, 3.63) is 12.8 Å². The van der Waals surface area contributed by atoms with Gasteiger partial charge in [-0.15, -0.1) is 0 Å². The fourth-order valence-electron chi connectivity index (χ4n) is 0.781. The molecule has 0 N–H and O–H groups in total. The Bertz CT molecular complexity index is 144. The molecule has 1 atom stereocenters. The summed E-state index contributed by atoms with van der Waals surface area (Å²) >= 11 is 0. The summed E-state index contributed by atoms with van der Waals surface area (Å²) in [5.74, 6) is 0. The summed E-state index contributed by atoms with van der Waals surface area (Å²) in [6, 6.07) is 0.148. The molecule has 3 heteroatoms. The fraction of sp³-hybridized carbons (Fsp3) is 0.500. The van der Waals surface area contributed by atoms with Crippen molar-refractivity contribution >= 4 is 6.09 Å². The predicted octanol–water partition coefficient (Wildman–Crippen LogP) is 0.971. The van der Waals surface area contributed by atoms with Gasteiger partial charge in [0.05, 0.1) is 6.04 Å². The van der Waals surface area contributed by atoms with Gasteiger partial charge in [0.2, 0.25) is 0 Å². The third-order valence-corrected chi connectivity index (χ3v) is 1.33. The van der Waals surface area contributed by atoms with Gasteiger partial charge in [-0.2, -0.15) is 0 Å². The van der Waals surface area contributed by atoms with E-state index >= 15 is 0 Å². The Morgan fingerprint density at radius 1 is 2.00 bits per heavy atom. The van der Waals surface area contributed by atoms with E-state index in [4.69, 9.17) is 0 Å². The molecule has 50 valence electrons. The van der Waals surface area contributed by atoms with Crippen LogP contribution in [0.15, 0.2) is 12.8 Å². The highest BCUT2D eigenvalue weighted by molar-refractivity contribution is 5.71. The third-order valence-electron chi connectivity index (χ3n) is 1.33. The summed E-state index contributed by atoms with van der Waals surface area (Å²) in [5, 5.41) is 0. The SMILES string of the molecule is C=CN1C(=O)OC[C@@H]1C. The second-order valence-electron chi connectivity index (χ2n) is 2.02. The third kappa shape index (κ3) is 0.896. The van der Waals surface area contributed by atoms with Crippen LogP contribution >= 0.6 is 0 Å². The molecule has 1 aliphatic rings. The molecule has 1 fully saturated rings. The van der Waals surface area contributed by atoms with Gasteiger partial charge in [-0.1, -0.05) is 6.58 Å². The topological polar surface area (TPSA) is 29.5 Å². The Morgan fingerprint density at radius 2 is 2.67 bits per heavy atom. The Morgan fingerprint density at radius 3 is 2.89 bits per heavy atom. The first-order chi connectivity index (χ1) is 4.25. The maximum Gasteiger partial charge on any atom is 0.414 e. The van der Waals surface area contributed by atoms with Crippen molar-refractivity contribution in [3.63, 3.8) is 0 Å². The zero-order valence-corrected chi connectivity index (χ0v) is 5.33. The van der Waals surface area contributed by atoms with Gasteiger partial charge in [0.25, 0.3) is 0 Å².